The Morgan fingerprint density at radius 2 is 1.55 bits per heavy atom. The van der Waals surface area contributed by atoms with Gasteiger partial charge in [-0.15, -0.1) is 0 Å². The second-order valence-electron chi connectivity index (χ2n) is 11.5. The van der Waals surface area contributed by atoms with Crippen LogP contribution in [0.3, 0.4) is 0 Å². The van der Waals surface area contributed by atoms with Gasteiger partial charge in [0.25, 0.3) is 25.8 Å². The standard InChI is InChI=1S/C31H33ClF3N5O5S2/c1-38-13-12-27(21-2-6-24(32)7-3-21)23(19-38)20-39-14-16-40(17-15-39)25-8-4-22(5-9-25)30(41)37-47(44,45)26-10-11-28(36)29(18-26)46(42,43)31(33,34)35/h2-11,18H,12-17,19-20,36H2,1H3,(H,37,41). The number of likely N-dealkylation sites (N-methyl/N-ethyl adjacent to an activating group) is 1. The number of sulfone groups is 1. The second-order valence-corrected chi connectivity index (χ2v) is 15.5. The van der Waals surface area contributed by atoms with Gasteiger partial charge >= 0.3 is 5.51 Å². The third-order valence-electron chi connectivity index (χ3n) is 8.22. The molecule has 0 aromatic heterocycles. The Hall–Kier alpha value is -3.63. The van der Waals surface area contributed by atoms with Crippen molar-refractivity contribution in [1.82, 2.24) is 14.5 Å². The summed E-state index contributed by atoms with van der Waals surface area (Å²) in [5.74, 6) is -1.04. The number of halogens is 4. The summed E-state index contributed by atoms with van der Waals surface area (Å²) >= 11 is 6.11. The highest BCUT2D eigenvalue weighted by molar-refractivity contribution is 7.92. The van der Waals surface area contributed by atoms with Gasteiger partial charge in [-0.05, 0) is 84.8 Å². The van der Waals surface area contributed by atoms with Crippen molar-refractivity contribution in [3.63, 3.8) is 0 Å². The van der Waals surface area contributed by atoms with E-state index in [1.54, 1.807) is 16.9 Å². The molecule has 1 fully saturated rings. The molecule has 0 unspecified atom stereocenters. The Morgan fingerprint density at radius 3 is 2.17 bits per heavy atom. The number of nitrogen functional groups attached to an aromatic ring is 1. The molecule has 1 saturated heterocycles. The number of nitrogens with two attached hydrogens (primary N) is 1. The zero-order valence-corrected chi connectivity index (χ0v) is 27.7. The molecule has 5 rings (SSSR count). The fraction of sp³-hybridized carbons (Fsp3) is 0.323. The number of benzene rings is 3. The summed E-state index contributed by atoms with van der Waals surface area (Å²) < 4.78 is 90.3. The molecule has 0 saturated carbocycles. The molecule has 0 radical (unpaired) electrons. The SMILES string of the molecule is CN1CCC(c2ccc(Cl)cc2)=C(CN2CCN(c3ccc(C(=O)NS(=O)(=O)c4ccc(N)c(S(=O)(=O)C(F)(F)F)c4)cc3)CC2)C1. The lowest BCUT2D eigenvalue weighted by Gasteiger charge is -2.38. The normalized spacial score (nSPS) is 17.2. The average molecular weight is 712 g/mol. The first kappa shape index (κ1) is 34.7. The highest BCUT2D eigenvalue weighted by Gasteiger charge is 2.48. The van der Waals surface area contributed by atoms with Crippen molar-refractivity contribution in [2.24, 2.45) is 0 Å². The summed E-state index contributed by atoms with van der Waals surface area (Å²) in [5, 5.41) is 0.706. The Kier molecular flexibility index (Phi) is 9.94. The van der Waals surface area contributed by atoms with Crippen LogP contribution in [-0.2, 0) is 19.9 Å². The number of amides is 1. The molecule has 3 aromatic carbocycles. The van der Waals surface area contributed by atoms with E-state index in [1.807, 2.05) is 12.1 Å². The molecule has 0 bridgehead atoms. The van der Waals surface area contributed by atoms with Gasteiger partial charge in [0.2, 0.25) is 0 Å². The molecule has 10 nitrogen and oxygen atoms in total. The summed E-state index contributed by atoms with van der Waals surface area (Å²) in [7, 11) is -8.56. The fourth-order valence-electron chi connectivity index (χ4n) is 5.66. The van der Waals surface area contributed by atoms with Crippen LogP contribution in [0.25, 0.3) is 5.57 Å². The molecule has 0 atom stereocenters. The van der Waals surface area contributed by atoms with Gasteiger partial charge in [-0.3, -0.25) is 9.69 Å². The molecular formula is C31H33ClF3N5O5S2. The fourth-order valence-corrected chi connectivity index (χ4v) is 7.77. The van der Waals surface area contributed by atoms with E-state index >= 15 is 0 Å². The number of nitrogens with zero attached hydrogens (tertiary/aromatic N) is 3. The molecule has 47 heavy (non-hydrogen) atoms. The lowest BCUT2D eigenvalue weighted by molar-refractivity contribution is -0.0435. The van der Waals surface area contributed by atoms with Crippen LogP contribution < -0.4 is 15.4 Å². The van der Waals surface area contributed by atoms with Crippen LogP contribution in [0.2, 0.25) is 5.02 Å². The predicted molar refractivity (Wildman–Crippen MR) is 174 cm³/mol. The average Bonchev–Trinajstić information content (AvgIpc) is 3.01. The Labute approximate surface area is 276 Å². The van der Waals surface area contributed by atoms with Crippen LogP contribution in [0.15, 0.2) is 82.1 Å². The van der Waals surface area contributed by atoms with E-state index in [2.05, 4.69) is 33.9 Å². The Balaban J connectivity index is 1.22. The summed E-state index contributed by atoms with van der Waals surface area (Å²) in [6.45, 7) is 5.83. The summed E-state index contributed by atoms with van der Waals surface area (Å²) in [6, 6.07) is 16.0. The number of carbonyl (C=O) groups is 1. The van der Waals surface area contributed by atoms with Crippen molar-refractivity contribution >= 4 is 54.3 Å². The Morgan fingerprint density at radius 1 is 0.915 bits per heavy atom. The van der Waals surface area contributed by atoms with Gasteiger partial charge in [0.1, 0.15) is 4.90 Å². The molecule has 1 amide bonds. The van der Waals surface area contributed by atoms with Crippen molar-refractivity contribution in [3.8, 4) is 0 Å². The van der Waals surface area contributed by atoms with Crippen LogP contribution in [-0.4, -0.2) is 90.9 Å². The maximum absolute atomic E-state index is 13.1. The van der Waals surface area contributed by atoms with Crippen molar-refractivity contribution in [2.45, 2.75) is 21.7 Å². The number of carbonyl (C=O) groups excluding carboxylic acids is 1. The van der Waals surface area contributed by atoms with E-state index in [1.165, 1.54) is 28.8 Å². The summed E-state index contributed by atoms with van der Waals surface area (Å²) in [6.07, 6.45) is 0.968. The third kappa shape index (κ3) is 7.75. The first-order valence-corrected chi connectivity index (χ1v) is 17.9. The number of sulfonamides is 1. The largest absolute Gasteiger partial charge is 0.501 e. The highest BCUT2D eigenvalue weighted by Crippen LogP contribution is 2.35. The van der Waals surface area contributed by atoms with Gasteiger partial charge in [-0.25, -0.2) is 21.6 Å². The predicted octanol–water partition coefficient (Wildman–Crippen LogP) is 4.25. The van der Waals surface area contributed by atoms with Gasteiger partial charge in [0.15, 0.2) is 0 Å². The van der Waals surface area contributed by atoms with E-state index in [4.69, 9.17) is 17.3 Å². The van der Waals surface area contributed by atoms with Crippen molar-refractivity contribution in [3.05, 3.63) is 88.5 Å². The third-order valence-corrected chi connectivity index (χ3v) is 11.3. The lowest BCUT2D eigenvalue weighted by atomic mass is 9.93. The van der Waals surface area contributed by atoms with E-state index in [0.29, 0.717) is 5.02 Å². The molecule has 3 N–H and O–H groups in total. The second kappa shape index (κ2) is 13.5. The topological polar surface area (TPSA) is 133 Å². The first-order valence-electron chi connectivity index (χ1n) is 14.6. The van der Waals surface area contributed by atoms with Crippen LogP contribution in [0.1, 0.15) is 22.3 Å². The zero-order valence-electron chi connectivity index (χ0n) is 25.3. The molecule has 0 spiro atoms. The maximum Gasteiger partial charge on any atom is 0.501 e. The van der Waals surface area contributed by atoms with Crippen molar-refractivity contribution in [1.29, 1.82) is 0 Å². The van der Waals surface area contributed by atoms with E-state index < -0.39 is 46.8 Å². The number of alkyl halides is 3. The number of rotatable bonds is 8. The van der Waals surface area contributed by atoms with Crippen LogP contribution in [0.5, 0.6) is 0 Å². The molecule has 252 valence electrons. The molecule has 2 aliphatic heterocycles. The van der Waals surface area contributed by atoms with E-state index in [9.17, 15) is 34.8 Å². The lowest BCUT2D eigenvalue weighted by Crippen LogP contribution is -2.47. The highest BCUT2D eigenvalue weighted by atomic mass is 35.5. The summed E-state index contributed by atoms with van der Waals surface area (Å²) in [4.78, 5) is 17.4. The molecular weight excluding hydrogens is 679 g/mol. The molecule has 2 heterocycles. The number of hydrogen-bond donors (Lipinski definition) is 2. The molecule has 0 aliphatic carbocycles. The van der Waals surface area contributed by atoms with E-state index in [-0.39, 0.29) is 11.6 Å². The minimum atomic E-state index is -5.93. The quantitative estimate of drug-likeness (QED) is 0.329. The number of anilines is 2. The van der Waals surface area contributed by atoms with Crippen molar-refractivity contribution in [2.75, 3.05) is 63.5 Å². The van der Waals surface area contributed by atoms with Crippen LogP contribution in [0.4, 0.5) is 24.5 Å². The first-order chi connectivity index (χ1) is 22.0. The van der Waals surface area contributed by atoms with Gasteiger partial charge in [0, 0.05) is 62.1 Å². The molecule has 2 aliphatic rings. The minimum Gasteiger partial charge on any atom is -0.398 e. The van der Waals surface area contributed by atoms with Gasteiger partial charge < -0.3 is 15.5 Å². The number of piperazine rings is 1. The van der Waals surface area contributed by atoms with E-state index in [0.717, 1.165) is 70.1 Å². The van der Waals surface area contributed by atoms with Gasteiger partial charge in [-0.1, -0.05) is 23.7 Å². The molecule has 3 aromatic rings. The van der Waals surface area contributed by atoms with Crippen LogP contribution in [0, 0.1) is 0 Å². The minimum absolute atomic E-state index is 0.0161. The van der Waals surface area contributed by atoms with Crippen LogP contribution >= 0.6 is 11.6 Å². The smallest absolute Gasteiger partial charge is 0.398 e. The van der Waals surface area contributed by atoms with Gasteiger partial charge in [0.05, 0.1) is 10.6 Å². The zero-order chi connectivity index (χ0) is 34.1. The number of hydrogen-bond acceptors (Lipinski definition) is 9. The van der Waals surface area contributed by atoms with Gasteiger partial charge in [-0.2, -0.15) is 13.2 Å². The maximum atomic E-state index is 13.1. The molecule has 16 heteroatoms. The number of nitrogens with one attached hydrogen (secondary N) is 1. The monoisotopic (exact) mass is 711 g/mol. The summed E-state index contributed by atoms with van der Waals surface area (Å²) in [5.41, 5.74) is 3.67. The van der Waals surface area contributed by atoms with Crippen molar-refractivity contribution < 1.29 is 34.8 Å². The Bertz CT molecular complexity index is 1890.